The summed E-state index contributed by atoms with van der Waals surface area (Å²) in [5.41, 5.74) is -0.111. The van der Waals surface area contributed by atoms with Crippen molar-refractivity contribution in [2.24, 2.45) is 4.99 Å². The van der Waals surface area contributed by atoms with Gasteiger partial charge in [0.1, 0.15) is 16.5 Å². The molecule has 2 amide bonds. The number of aryl methyl sites for hydroxylation is 2. The van der Waals surface area contributed by atoms with Crippen LogP contribution in [0.3, 0.4) is 0 Å². The zero-order valence-electron chi connectivity index (χ0n) is 15.5. The van der Waals surface area contributed by atoms with Crippen LogP contribution in [0.25, 0.3) is 0 Å². The van der Waals surface area contributed by atoms with Crippen molar-refractivity contribution in [1.29, 1.82) is 0 Å². The van der Waals surface area contributed by atoms with Gasteiger partial charge in [-0.3, -0.25) is 0 Å². The maximum absolute atomic E-state index is 12.6. The Morgan fingerprint density at radius 3 is 2.72 bits per heavy atom. The molecule has 1 atom stereocenters. The van der Waals surface area contributed by atoms with Gasteiger partial charge in [-0.2, -0.15) is 18.4 Å². The standard InChI is InChI=1S/C15H17N5O7S2/c1-8-7-11-5-4-6-12(13(11)27-29(8,25)26)28(23,24)19-15(21)18-14-17-9(2)16-10(3)20(14)22/h4-6,8,22H,7H2,1-3H3,(H,19,21)/b18-14-. The number of para-hydroxylation sites is 1. The van der Waals surface area contributed by atoms with Crippen LogP contribution in [0.2, 0.25) is 0 Å². The summed E-state index contributed by atoms with van der Waals surface area (Å²) in [6.45, 7) is 4.36. The first-order chi connectivity index (χ1) is 13.4. The molecule has 1 aromatic carbocycles. The third-order valence-corrected chi connectivity index (χ3v) is 6.95. The molecule has 2 heterocycles. The first-order valence-electron chi connectivity index (χ1n) is 8.21. The van der Waals surface area contributed by atoms with E-state index in [1.54, 1.807) is 4.72 Å². The summed E-state index contributed by atoms with van der Waals surface area (Å²) in [6, 6.07) is 2.69. The van der Waals surface area contributed by atoms with Gasteiger partial charge in [-0.25, -0.2) is 22.9 Å². The first kappa shape index (κ1) is 20.7. The van der Waals surface area contributed by atoms with Gasteiger partial charge in [0.15, 0.2) is 5.75 Å². The van der Waals surface area contributed by atoms with Gasteiger partial charge >= 0.3 is 16.1 Å². The molecule has 0 saturated heterocycles. The lowest BCUT2D eigenvalue weighted by Crippen LogP contribution is -2.35. The van der Waals surface area contributed by atoms with Crippen LogP contribution in [0.5, 0.6) is 5.75 Å². The van der Waals surface area contributed by atoms with Crippen molar-refractivity contribution >= 4 is 26.2 Å². The Balaban J connectivity index is 1.99. The fourth-order valence-electron chi connectivity index (χ4n) is 2.64. The second-order valence-electron chi connectivity index (χ2n) is 6.29. The number of urea groups is 1. The Bertz CT molecular complexity index is 1280. The summed E-state index contributed by atoms with van der Waals surface area (Å²) < 4.78 is 56.4. The lowest BCUT2D eigenvalue weighted by atomic mass is 10.1. The van der Waals surface area contributed by atoms with Crippen LogP contribution in [0, 0.1) is 13.8 Å². The maximum Gasteiger partial charge on any atom is 0.358 e. The molecule has 0 bridgehead atoms. The summed E-state index contributed by atoms with van der Waals surface area (Å²) in [4.78, 5) is 22.6. The van der Waals surface area contributed by atoms with Gasteiger partial charge in [0, 0.05) is 0 Å². The van der Waals surface area contributed by atoms with Crippen LogP contribution >= 0.6 is 0 Å². The molecule has 0 saturated carbocycles. The van der Waals surface area contributed by atoms with Crippen molar-refractivity contribution < 1.29 is 31.0 Å². The van der Waals surface area contributed by atoms with Gasteiger partial charge in [-0.1, -0.05) is 12.1 Å². The molecule has 1 aliphatic heterocycles. The Morgan fingerprint density at radius 2 is 2.03 bits per heavy atom. The molecule has 0 aliphatic carbocycles. The van der Waals surface area contributed by atoms with Crippen molar-refractivity contribution in [3.05, 3.63) is 41.0 Å². The van der Waals surface area contributed by atoms with Gasteiger partial charge < -0.3 is 9.39 Å². The minimum atomic E-state index is -4.54. The van der Waals surface area contributed by atoms with E-state index < -0.39 is 41.9 Å². The van der Waals surface area contributed by atoms with E-state index in [4.69, 9.17) is 4.18 Å². The van der Waals surface area contributed by atoms with Crippen LogP contribution in [-0.2, 0) is 26.6 Å². The number of nitrogens with one attached hydrogen (secondary N) is 1. The number of fused-ring (bicyclic) bond motifs is 1. The molecular weight excluding hydrogens is 426 g/mol. The number of sulfonamides is 1. The normalized spacial score (nSPS) is 18.6. The van der Waals surface area contributed by atoms with Crippen LogP contribution in [-0.4, -0.2) is 48.0 Å². The lowest BCUT2D eigenvalue weighted by molar-refractivity contribution is 0.154. The smallest absolute Gasteiger partial charge is 0.358 e. The van der Waals surface area contributed by atoms with Gasteiger partial charge in [-0.05, 0) is 38.8 Å². The SMILES string of the molecule is Cc1nc(C)n(O)/c(=N\C(=O)NS(=O)(=O)c2cccc3c2OS(=O)(=O)C(C)C3)n1. The quantitative estimate of drug-likeness (QED) is 0.470. The molecule has 2 aromatic rings. The molecule has 3 rings (SSSR count). The van der Waals surface area contributed by atoms with Crippen molar-refractivity contribution in [2.45, 2.75) is 37.3 Å². The summed E-state index contributed by atoms with van der Waals surface area (Å²) in [6.07, 6.45) is 0.0589. The number of amides is 2. The van der Waals surface area contributed by atoms with E-state index in [2.05, 4.69) is 15.0 Å². The molecule has 29 heavy (non-hydrogen) atoms. The fourth-order valence-corrected chi connectivity index (χ4v) is 4.73. The van der Waals surface area contributed by atoms with E-state index in [0.717, 1.165) is 6.07 Å². The summed E-state index contributed by atoms with van der Waals surface area (Å²) in [5.74, 6) is -0.0827. The summed E-state index contributed by atoms with van der Waals surface area (Å²) in [7, 11) is -8.54. The van der Waals surface area contributed by atoms with Crippen molar-refractivity contribution in [3.63, 3.8) is 0 Å². The van der Waals surface area contributed by atoms with E-state index in [9.17, 15) is 26.8 Å². The molecule has 1 aromatic heterocycles. The zero-order valence-corrected chi connectivity index (χ0v) is 17.2. The highest BCUT2D eigenvalue weighted by Gasteiger charge is 2.35. The first-order valence-corrected chi connectivity index (χ1v) is 11.2. The topological polar surface area (TPSA) is 170 Å². The Hall–Kier alpha value is -3.00. The van der Waals surface area contributed by atoms with E-state index in [1.165, 1.54) is 32.9 Å². The Labute approximate surface area is 166 Å². The summed E-state index contributed by atoms with van der Waals surface area (Å²) >= 11 is 0. The predicted octanol–water partition coefficient (Wildman–Crippen LogP) is -0.215. The third kappa shape index (κ3) is 4.07. The maximum atomic E-state index is 12.6. The predicted molar refractivity (Wildman–Crippen MR) is 97.1 cm³/mol. The van der Waals surface area contributed by atoms with Crippen molar-refractivity contribution in [1.82, 2.24) is 19.4 Å². The molecule has 0 radical (unpaired) electrons. The van der Waals surface area contributed by atoms with Gasteiger partial charge in [0.05, 0.1) is 5.25 Å². The van der Waals surface area contributed by atoms with Crippen LogP contribution < -0.4 is 14.5 Å². The van der Waals surface area contributed by atoms with Crippen LogP contribution in [0.1, 0.15) is 24.1 Å². The number of hydrogen-bond acceptors (Lipinski definition) is 9. The minimum absolute atomic E-state index is 0.0589. The molecular formula is C15H17N5O7S2. The average Bonchev–Trinajstić information content (AvgIpc) is 2.59. The molecule has 12 nitrogen and oxygen atoms in total. The minimum Gasteiger partial charge on any atom is -0.424 e. The molecule has 156 valence electrons. The van der Waals surface area contributed by atoms with Crippen molar-refractivity contribution in [3.8, 4) is 5.75 Å². The van der Waals surface area contributed by atoms with E-state index in [0.29, 0.717) is 10.3 Å². The second kappa shape index (κ2) is 7.11. The number of nitrogens with zero attached hydrogens (tertiary/aromatic N) is 4. The molecule has 2 N–H and O–H groups in total. The van der Waals surface area contributed by atoms with Gasteiger partial charge in [0.25, 0.3) is 15.6 Å². The largest absolute Gasteiger partial charge is 0.424 e. The highest BCUT2D eigenvalue weighted by molar-refractivity contribution is 7.90. The zero-order chi connectivity index (χ0) is 21.6. The number of hydrogen-bond donors (Lipinski definition) is 2. The highest BCUT2D eigenvalue weighted by atomic mass is 32.2. The molecule has 14 heteroatoms. The van der Waals surface area contributed by atoms with E-state index in [-0.39, 0.29) is 23.8 Å². The molecule has 1 aliphatic rings. The number of aromatic nitrogens is 3. The lowest BCUT2D eigenvalue weighted by Gasteiger charge is -2.23. The van der Waals surface area contributed by atoms with Gasteiger partial charge in [-0.15, -0.1) is 4.73 Å². The van der Waals surface area contributed by atoms with Gasteiger partial charge in [0.2, 0.25) is 0 Å². The number of carbonyl (C=O) groups excluding carboxylic acids is 1. The third-order valence-electron chi connectivity index (χ3n) is 4.05. The number of carbonyl (C=O) groups is 1. The van der Waals surface area contributed by atoms with E-state index >= 15 is 0 Å². The number of benzene rings is 1. The summed E-state index contributed by atoms with van der Waals surface area (Å²) in [5, 5.41) is 8.96. The van der Waals surface area contributed by atoms with E-state index in [1.807, 2.05) is 0 Å². The highest BCUT2D eigenvalue weighted by Crippen LogP contribution is 2.35. The Morgan fingerprint density at radius 1 is 1.34 bits per heavy atom. The average molecular weight is 443 g/mol. The molecule has 0 fully saturated rings. The second-order valence-corrected chi connectivity index (χ2v) is 9.90. The molecule has 1 unspecified atom stereocenters. The molecule has 0 spiro atoms. The Kier molecular flexibility index (Phi) is 5.08. The monoisotopic (exact) mass is 443 g/mol. The van der Waals surface area contributed by atoms with Crippen LogP contribution in [0.4, 0.5) is 4.79 Å². The van der Waals surface area contributed by atoms with Crippen molar-refractivity contribution in [2.75, 3.05) is 0 Å². The fraction of sp³-hybridized carbons (Fsp3) is 0.333. The number of rotatable bonds is 2. The van der Waals surface area contributed by atoms with Crippen LogP contribution in [0.15, 0.2) is 28.1 Å².